The van der Waals surface area contributed by atoms with Gasteiger partial charge in [0.2, 0.25) is 5.91 Å². The largest absolute Gasteiger partial charge is 0.447 e. The van der Waals surface area contributed by atoms with Crippen LogP contribution in [0.4, 0.5) is 4.79 Å². The molecule has 2 amide bonds. The van der Waals surface area contributed by atoms with E-state index >= 15 is 0 Å². The van der Waals surface area contributed by atoms with Gasteiger partial charge in [-0.2, -0.15) is 0 Å². The molecule has 1 atom stereocenters. The third kappa shape index (κ3) is 4.90. The minimum atomic E-state index is -3.67. The fourth-order valence-electron chi connectivity index (χ4n) is 4.32. The molecule has 0 bridgehead atoms. The molecule has 2 saturated heterocycles. The second-order valence-corrected chi connectivity index (χ2v) is 10.0. The minimum Gasteiger partial charge on any atom is -0.447 e. The number of rotatable bonds is 6. The van der Waals surface area contributed by atoms with Crippen LogP contribution in [0.15, 0.2) is 65.6 Å². The van der Waals surface area contributed by atoms with Gasteiger partial charge in [-0.15, -0.1) is 0 Å². The Morgan fingerprint density at radius 3 is 2.23 bits per heavy atom. The third-order valence-electron chi connectivity index (χ3n) is 5.94. The monoisotopic (exact) mass is 442 g/mol. The SMILES string of the molecule is O=C(CS(=O)(=O)c1ccccc1)N1CCC(N2C(=O)OC[C@H]2Cc2ccccc2)CC1. The summed E-state index contributed by atoms with van der Waals surface area (Å²) in [5.41, 5.74) is 1.15. The van der Waals surface area contributed by atoms with E-state index in [0.29, 0.717) is 32.5 Å². The van der Waals surface area contributed by atoms with Crippen LogP contribution in [0, 0.1) is 0 Å². The average Bonchev–Trinajstić information content (AvgIpc) is 3.14. The van der Waals surface area contributed by atoms with Gasteiger partial charge in [-0.1, -0.05) is 48.5 Å². The number of nitrogens with zero attached hydrogens (tertiary/aromatic N) is 2. The predicted molar refractivity (Wildman–Crippen MR) is 115 cm³/mol. The molecule has 0 N–H and O–H groups in total. The molecule has 7 nitrogen and oxygen atoms in total. The number of piperidine rings is 1. The highest BCUT2D eigenvalue weighted by atomic mass is 32.2. The number of benzene rings is 2. The standard InChI is InChI=1S/C23H26N2O5S/c26-22(17-31(28,29)21-9-5-2-6-10-21)24-13-11-19(12-14-24)25-20(16-30-23(25)27)15-18-7-3-1-4-8-18/h1-10,19-20H,11-17H2/t20-/m1/s1. The highest BCUT2D eigenvalue weighted by Crippen LogP contribution is 2.26. The van der Waals surface area contributed by atoms with E-state index in [1.807, 2.05) is 35.2 Å². The van der Waals surface area contributed by atoms with Gasteiger partial charge in [-0.25, -0.2) is 13.2 Å². The summed E-state index contributed by atoms with van der Waals surface area (Å²) in [6, 6.07) is 18.0. The molecule has 2 aromatic rings. The van der Waals surface area contributed by atoms with Gasteiger partial charge in [-0.05, 0) is 37.0 Å². The molecule has 0 radical (unpaired) electrons. The Morgan fingerprint density at radius 1 is 0.968 bits per heavy atom. The van der Waals surface area contributed by atoms with Crippen LogP contribution in [0.25, 0.3) is 0 Å². The Kier molecular flexibility index (Phi) is 6.27. The van der Waals surface area contributed by atoms with Crippen LogP contribution in [0.5, 0.6) is 0 Å². The Labute approximate surface area is 182 Å². The molecule has 0 aromatic heterocycles. The fraction of sp³-hybridized carbons (Fsp3) is 0.391. The Bertz CT molecular complexity index is 1020. The first-order valence-electron chi connectivity index (χ1n) is 10.5. The number of amides is 2. The third-order valence-corrected chi connectivity index (χ3v) is 7.56. The van der Waals surface area contributed by atoms with E-state index < -0.39 is 21.5 Å². The van der Waals surface area contributed by atoms with Crippen LogP contribution in [-0.4, -0.2) is 67.8 Å². The smallest absolute Gasteiger partial charge is 0.410 e. The van der Waals surface area contributed by atoms with E-state index in [1.54, 1.807) is 23.1 Å². The highest BCUT2D eigenvalue weighted by molar-refractivity contribution is 7.92. The van der Waals surface area contributed by atoms with Crippen LogP contribution in [-0.2, 0) is 25.8 Å². The number of hydrogen-bond acceptors (Lipinski definition) is 5. The van der Waals surface area contributed by atoms with Crippen molar-refractivity contribution in [3.63, 3.8) is 0 Å². The Balaban J connectivity index is 1.35. The van der Waals surface area contributed by atoms with Gasteiger partial charge in [0.15, 0.2) is 9.84 Å². The summed E-state index contributed by atoms with van der Waals surface area (Å²) < 4.78 is 30.3. The summed E-state index contributed by atoms with van der Waals surface area (Å²) in [6.45, 7) is 1.22. The summed E-state index contributed by atoms with van der Waals surface area (Å²) in [4.78, 5) is 28.6. The van der Waals surface area contributed by atoms with Crippen molar-refractivity contribution in [2.75, 3.05) is 25.4 Å². The Morgan fingerprint density at radius 2 is 1.58 bits per heavy atom. The average molecular weight is 443 g/mol. The number of sulfone groups is 1. The van der Waals surface area contributed by atoms with Crippen molar-refractivity contribution in [2.45, 2.75) is 36.2 Å². The summed E-state index contributed by atoms with van der Waals surface area (Å²) in [6.07, 6.45) is 1.63. The quantitative estimate of drug-likeness (QED) is 0.686. The van der Waals surface area contributed by atoms with Gasteiger partial charge in [-0.3, -0.25) is 9.69 Å². The lowest BCUT2D eigenvalue weighted by Gasteiger charge is -2.38. The molecule has 8 heteroatoms. The number of hydrogen-bond donors (Lipinski definition) is 0. The minimum absolute atomic E-state index is 0.0153. The zero-order chi connectivity index (χ0) is 21.8. The Hall–Kier alpha value is -2.87. The maximum absolute atomic E-state index is 12.6. The van der Waals surface area contributed by atoms with Crippen molar-refractivity contribution in [3.05, 3.63) is 66.2 Å². The fourth-order valence-corrected chi connectivity index (χ4v) is 5.57. The molecule has 0 unspecified atom stereocenters. The lowest BCUT2D eigenvalue weighted by molar-refractivity contribution is -0.129. The topological polar surface area (TPSA) is 84.0 Å². The molecular formula is C23H26N2O5S. The molecule has 2 heterocycles. The van der Waals surface area contributed by atoms with Crippen molar-refractivity contribution in [3.8, 4) is 0 Å². The highest BCUT2D eigenvalue weighted by Gasteiger charge is 2.40. The maximum Gasteiger partial charge on any atom is 0.410 e. The van der Waals surface area contributed by atoms with Crippen molar-refractivity contribution < 1.29 is 22.7 Å². The van der Waals surface area contributed by atoms with Gasteiger partial charge in [0.05, 0.1) is 10.9 Å². The molecule has 0 saturated carbocycles. The van der Waals surface area contributed by atoms with Crippen molar-refractivity contribution in [2.24, 2.45) is 0 Å². The molecule has 2 aliphatic rings. The first-order valence-corrected chi connectivity index (χ1v) is 12.1. The number of ether oxygens (including phenoxy) is 1. The van der Waals surface area contributed by atoms with E-state index in [4.69, 9.17) is 4.74 Å². The van der Waals surface area contributed by atoms with E-state index in [9.17, 15) is 18.0 Å². The van der Waals surface area contributed by atoms with Gasteiger partial charge < -0.3 is 9.64 Å². The van der Waals surface area contributed by atoms with Crippen LogP contribution in [0.2, 0.25) is 0 Å². The zero-order valence-corrected chi connectivity index (χ0v) is 18.0. The van der Waals surface area contributed by atoms with Crippen molar-refractivity contribution in [1.29, 1.82) is 0 Å². The molecule has 0 aliphatic carbocycles. The normalized spacial score (nSPS) is 20.0. The first-order chi connectivity index (χ1) is 14.9. The van der Waals surface area contributed by atoms with Crippen LogP contribution in [0.3, 0.4) is 0 Å². The van der Waals surface area contributed by atoms with E-state index in [-0.39, 0.29) is 23.1 Å². The number of cyclic esters (lactones) is 1. The summed E-state index contributed by atoms with van der Waals surface area (Å²) in [7, 11) is -3.67. The molecule has 4 rings (SSSR count). The molecule has 0 spiro atoms. The predicted octanol–water partition coefficient (Wildman–Crippen LogP) is 2.51. The molecule has 2 aliphatic heterocycles. The summed E-state index contributed by atoms with van der Waals surface area (Å²) in [5, 5.41) is 0. The number of likely N-dealkylation sites (tertiary alicyclic amines) is 1. The number of carbonyl (C=O) groups excluding carboxylic acids is 2. The van der Waals surface area contributed by atoms with E-state index in [1.165, 1.54) is 12.1 Å². The zero-order valence-electron chi connectivity index (χ0n) is 17.2. The van der Waals surface area contributed by atoms with Gasteiger partial charge in [0.25, 0.3) is 0 Å². The summed E-state index contributed by atoms with van der Waals surface area (Å²) >= 11 is 0. The van der Waals surface area contributed by atoms with Crippen LogP contribution >= 0.6 is 0 Å². The second-order valence-electron chi connectivity index (χ2n) is 8.01. The molecule has 164 valence electrons. The first kappa shape index (κ1) is 21.4. The van der Waals surface area contributed by atoms with Gasteiger partial charge >= 0.3 is 6.09 Å². The van der Waals surface area contributed by atoms with Gasteiger partial charge in [0, 0.05) is 19.1 Å². The molecule has 2 aromatic carbocycles. The van der Waals surface area contributed by atoms with E-state index in [2.05, 4.69) is 0 Å². The maximum atomic E-state index is 12.6. The summed E-state index contributed by atoms with van der Waals surface area (Å²) in [5.74, 6) is -0.934. The molecule has 2 fully saturated rings. The molecular weight excluding hydrogens is 416 g/mol. The molecule has 31 heavy (non-hydrogen) atoms. The lowest BCUT2D eigenvalue weighted by atomic mass is 9.99. The lowest BCUT2D eigenvalue weighted by Crippen LogP contribution is -2.51. The number of carbonyl (C=O) groups is 2. The van der Waals surface area contributed by atoms with Crippen LogP contribution in [0.1, 0.15) is 18.4 Å². The van der Waals surface area contributed by atoms with Gasteiger partial charge in [0.1, 0.15) is 12.4 Å². The van der Waals surface area contributed by atoms with Crippen molar-refractivity contribution >= 4 is 21.8 Å². The van der Waals surface area contributed by atoms with E-state index in [0.717, 1.165) is 12.0 Å². The van der Waals surface area contributed by atoms with Crippen molar-refractivity contribution in [1.82, 2.24) is 9.80 Å². The second kappa shape index (κ2) is 9.09. The van der Waals surface area contributed by atoms with Crippen LogP contribution < -0.4 is 0 Å².